The smallest absolute Gasteiger partial charge is 0.247 e. The number of benzene rings is 1. The minimum atomic E-state index is -3.84. The minimum Gasteiger partial charge on any atom is -0.487 e. The Kier molecular flexibility index (Phi) is 7.10. The predicted octanol–water partition coefficient (Wildman–Crippen LogP) is 1.47. The highest BCUT2D eigenvalue weighted by atomic mass is 32.2. The normalized spacial score (nSPS) is 21.9. The molecule has 3 rings (SSSR count). The SMILES string of the molecule is CNC[C@@H]1Oc2cc(C#Cc3ccncc3)ccc2S(=O)(=O)N([C@@H](C)CO)C[C@H]1C. The number of ether oxygens (including phenoxy) is 1. The van der Waals surface area contributed by atoms with Crippen LogP contribution in [-0.2, 0) is 10.0 Å². The molecule has 0 amide bonds. The fourth-order valence-corrected chi connectivity index (χ4v) is 5.15. The van der Waals surface area contributed by atoms with Crippen molar-refractivity contribution in [1.29, 1.82) is 0 Å². The minimum absolute atomic E-state index is 0.0825. The van der Waals surface area contributed by atoms with Gasteiger partial charge >= 0.3 is 0 Å². The first-order chi connectivity index (χ1) is 14.4. The van der Waals surface area contributed by atoms with Crippen molar-refractivity contribution in [2.24, 2.45) is 5.92 Å². The third-order valence-corrected chi connectivity index (χ3v) is 7.12. The number of aliphatic hydroxyl groups is 1. The van der Waals surface area contributed by atoms with Gasteiger partial charge in [-0.3, -0.25) is 4.98 Å². The molecule has 7 nitrogen and oxygen atoms in total. The summed E-state index contributed by atoms with van der Waals surface area (Å²) in [4.78, 5) is 4.06. The molecule has 0 saturated carbocycles. The lowest BCUT2D eigenvalue weighted by Gasteiger charge is -2.36. The molecule has 0 spiro atoms. The molecule has 0 aliphatic carbocycles. The Balaban J connectivity index is 2.07. The van der Waals surface area contributed by atoms with Gasteiger partial charge in [-0.15, -0.1) is 0 Å². The first-order valence-electron chi connectivity index (χ1n) is 9.87. The number of nitrogens with zero attached hydrogens (tertiary/aromatic N) is 2. The Labute approximate surface area is 178 Å². The van der Waals surface area contributed by atoms with Gasteiger partial charge in [0.15, 0.2) is 0 Å². The number of aliphatic hydroxyl groups excluding tert-OH is 1. The van der Waals surface area contributed by atoms with Crippen LogP contribution in [0.3, 0.4) is 0 Å². The topological polar surface area (TPSA) is 91.8 Å². The van der Waals surface area contributed by atoms with Crippen LogP contribution in [0.5, 0.6) is 5.75 Å². The van der Waals surface area contributed by atoms with Crippen molar-refractivity contribution >= 4 is 10.0 Å². The van der Waals surface area contributed by atoms with E-state index in [0.717, 1.165) is 5.56 Å². The summed E-state index contributed by atoms with van der Waals surface area (Å²) in [5, 5.41) is 12.7. The van der Waals surface area contributed by atoms with Gasteiger partial charge < -0.3 is 15.2 Å². The van der Waals surface area contributed by atoms with Crippen molar-refractivity contribution < 1.29 is 18.3 Å². The van der Waals surface area contributed by atoms with E-state index in [9.17, 15) is 13.5 Å². The Bertz CT molecular complexity index is 1030. The van der Waals surface area contributed by atoms with E-state index in [1.54, 1.807) is 43.6 Å². The molecule has 8 heteroatoms. The number of aromatic nitrogens is 1. The first kappa shape index (κ1) is 22.2. The Hall–Kier alpha value is -2.44. The van der Waals surface area contributed by atoms with Gasteiger partial charge in [0.2, 0.25) is 10.0 Å². The molecule has 30 heavy (non-hydrogen) atoms. The lowest BCUT2D eigenvalue weighted by atomic mass is 10.0. The zero-order chi connectivity index (χ0) is 21.7. The maximum atomic E-state index is 13.4. The predicted molar refractivity (Wildman–Crippen MR) is 115 cm³/mol. The zero-order valence-electron chi connectivity index (χ0n) is 17.4. The molecule has 0 unspecified atom stereocenters. The van der Waals surface area contributed by atoms with Crippen LogP contribution in [0.1, 0.15) is 25.0 Å². The molecule has 1 aliphatic heterocycles. The van der Waals surface area contributed by atoms with E-state index in [1.807, 2.05) is 14.0 Å². The van der Waals surface area contributed by atoms with Gasteiger partial charge in [0.25, 0.3) is 0 Å². The summed E-state index contributed by atoms with van der Waals surface area (Å²) in [5.41, 5.74) is 1.47. The highest BCUT2D eigenvalue weighted by Crippen LogP contribution is 2.33. The van der Waals surface area contributed by atoms with Crippen LogP contribution in [0, 0.1) is 17.8 Å². The van der Waals surface area contributed by atoms with Crippen molar-refractivity contribution in [3.63, 3.8) is 0 Å². The van der Waals surface area contributed by atoms with Crippen LogP contribution in [0.2, 0.25) is 0 Å². The number of pyridine rings is 1. The molecule has 0 radical (unpaired) electrons. The Morgan fingerprint density at radius 2 is 1.97 bits per heavy atom. The third-order valence-electron chi connectivity index (χ3n) is 5.10. The maximum Gasteiger partial charge on any atom is 0.247 e. The van der Waals surface area contributed by atoms with E-state index < -0.39 is 16.1 Å². The van der Waals surface area contributed by atoms with Gasteiger partial charge in [-0.25, -0.2) is 8.42 Å². The fraction of sp³-hybridized carbons (Fsp3) is 0.409. The lowest BCUT2D eigenvalue weighted by Crippen LogP contribution is -2.49. The van der Waals surface area contributed by atoms with E-state index in [4.69, 9.17) is 4.74 Å². The van der Waals surface area contributed by atoms with Crippen LogP contribution in [0.15, 0.2) is 47.6 Å². The molecule has 0 fully saturated rings. The van der Waals surface area contributed by atoms with Crippen molar-refractivity contribution in [2.45, 2.75) is 30.9 Å². The molecule has 1 aromatic heterocycles. The highest BCUT2D eigenvalue weighted by Gasteiger charge is 2.37. The second kappa shape index (κ2) is 9.58. The lowest BCUT2D eigenvalue weighted by molar-refractivity contribution is 0.103. The molecule has 0 saturated heterocycles. The molecule has 160 valence electrons. The molecule has 2 heterocycles. The van der Waals surface area contributed by atoms with E-state index in [-0.39, 0.29) is 35.8 Å². The second-order valence-electron chi connectivity index (χ2n) is 7.44. The molecule has 3 atom stereocenters. The van der Waals surface area contributed by atoms with Crippen molar-refractivity contribution in [3.8, 4) is 17.6 Å². The summed E-state index contributed by atoms with van der Waals surface area (Å²) >= 11 is 0. The average molecular weight is 430 g/mol. The number of hydrogen-bond donors (Lipinski definition) is 2. The van der Waals surface area contributed by atoms with Gasteiger partial charge in [-0.05, 0) is 44.3 Å². The van der Waals surface area contributed by atoms with E-state index >= 15 is 0 Å². The first-order valence-corrected chi connectivity index (χ1v) is 11.3. The Morgan fingerprint density at radius 1 is 1.27 bits per heavy atom. The quantitative estimate of drug-likeness (QED) is 0.716. The molecule has 1 aromatic carbocycles. The van der Waals surface area contributed by atoms with Gasteiger partial charge in [0.1, 0.15) is 16.7 Å². The Morgan fingerprint density at radius 3 is 2.63 bits per heavy atom. The van der Waals surface area contributed by atoms with Crippen LogP contribution in [0.4, 0.5) is 0 Å². The van der Waals surface area contributed by atoms with Gasteiger partial charge in [0, 0.05) is 48.6 Å². The van der Waals surface area contributed by atoms with Crippen molar-refractivity contribution in [2.75, 3.05) is 26.7 Å². The second-order valence-corrected chi connectivity index (χ2v) is 9.30. The number of sulfonamides is 1. The van der Waals surface area contributed by atoms with Crippen LogP contribution >= 0.6 is 0 Å². The van der Waals surface area contributed by atoms with Gasteiger partial charge in [0.05, 0.1) is 6.61 Å². The molecular formula is C22H27N3O4S. The van der Waals surface area contributed by atoms with Crippen LogP contribution < -0.4 is 10.1 Å². The summed E-state index contributed by atoms with van der Waals surface area (Å²) in [6.45, 7) is 4.23. The van der Waals surface area contributed by atoms with Gasteiger partial charge in [-0.2, -0.15) is 4.31 Å². The molecule has 1 aliphatic rings. The maximum absolute atomic E-state index is 13.4. The van der Waals surface area contributed by atoms with Crippen molar-refractivity contribution in [3.05, 3.63) is 53.9 Å². The number of fused-ring (bicyclic) bond motifs is 1. The average Bonchev–Trinajstić information content (AvgIpc) is 2.75. The number of rotatable bonds is 4. The van der Waals surface area contributed by atoms with E-state index in [1.165, 1.54) is 10.4 Å². The standard InChI is InChI=1S/C22H27N3O4S/c1-16-14-25(17(2)15-26)30(27,28)22-7-6-19(5-4-18-8-10-24-11-9-18)12-20(22)29-21(16)13-23-3/h6-12,16-17,21,23,26H,13-15H2,1-3H3/t16-,17+,21+/m1/s1. The molecule has 2 N–H and O–H groups in total. The fourth-order valence-electron chi connectivity index (χ4n) is 3.33. The van der Waals surface area contributed by atoms with Gasteiger partial charge in [-0.1, -0.05) is 18.8 Å². The third kappa shape index (κ3) is 4.82. The highest BCUT2D eigenvalue weighted by molar-refractivity contribution is 7.89. The summed E-state index contributed by atoms with van der Waals surface area (Å²) < 4.78 is 34.2. The monoisotopic (exact) mass is 429 g/mol. The number of hydrogen-bond acceptors (Lipinski definition) is 6. The summed E-state index contributed by atoms with van der Waals surface area (Å²) in [7, 11) is -2.01. The number of likely N-dealkylation sites (N-methyl/N-ethyl adjacent to an activating group) is 1. The molecule has 2 aromatic rings. The molecular weight excluding hydrogens is 402 g/mol. The largest absolute Gasteiger partial charge is 0.487 e. The molecule has 0 bridgehead atoms. The van der Waals surface area contributed by atoms with E-state index in [2.05, 4.69) is 22.1 Å². The zero-order valence-corrected chi connectivity index (χ0v) is 18.2. The van der Waals surface area contributed by atoms with Crippen LogP contribution in [0.25, 0.3) is 0 Å². The van der Waals surface area contributed by atoms with E-state index in [0.29, 0.717) is 12.1 Å². The number of nitrogens with one attached hydrogen (secondary N) is 1. The van der Waals surface area contributed by atoms with Crippen LogP contribution in [-0.4, -0.2) is 61.7 Å². The summed E-state index contributed by atoms with van der Waals surface area (Å²) in [6, 6.07) is 7.95. The summed E-state index contributed by atoms with van der Waals surface area (Å²) in [6.07, 6.45) is 3.10. The summed E-state index contributed by atoms with van der Waals surface area (Å²) in [5.74, 6) is 6.30. The van der Waals surface area contributed by atoms with Crippen molar-refractivity contribution in [1.82, 2.24) is 14.6 Å².